The maximum atomic E-state index is 12.1. The van der Waals surface area contributed by atoms with Gasteiger partial charge >= 0.3 is 5.69 Å². The summed E-state index contributed by atoms with van der Waals surface area (Å²) >= 11 is 7.77. The standard InChI is InChI=1S/C21H20ClN5OS/c1-13(29-21-25-24-20(28)27(21)16-8-9-16)19-23-17-11-15(22)7-10-18(17)26(19)12-14-5-3-2-4-6-14/h2-7,10-11,13,16H,8-9,12H2,1H3,(H,24,28). The van der Waals surface area contributed by atoms with Gasteiger partial charge in [0.05, 0.1) is 16.3 Å². The predicted molar refractivity (Wildman–Crippen MR) is 116 cm³/mol. The van der Waals surface area contributed by atoms with Crippen molar-refractivity contribution in [2.45, 2.75) is 42.8 Å². The van der Waals surface area contributed by atoms with E-state index >= 15 is 0 Å². The van der Waals surface area contributed by atoms with Gasteiger partial charge in [-0.15, -0.1) is 5.10 Å². The van der Waals surface area contributed by atoms with E-state index in [-0.39, 0.29) is 17.0 Å². The minimum atomic E-state index is -0.133. The summed E-state index contributed by atoms with van der Waals surface area (Å²) in [6, 6.07) is 16.4. The molecule has 1 aliphatic rings. The second-order valence-electron chi connectivity index (χ2n) is 7.35. The number of fused-ring (bicyclic) bond motifs is 1. The summed E-state index contributed by atoms with van der Waals surface area (Å²) in [6.45, 7) is 2.82. The van der Waals surface area contributed by atoms with Gasteiger partial charge in [-0.05, 0) is 43.5 Å². The Morgan fingerprint density at radius 2 is 2.03 bits per heavy atom. The summed E-state index contributed by atoms with van der Waals surface area (Å²) in [7, 11) is 0. The molecule has 1 N–H and O–H groups in total. The first-order chi connectivity index (χ1) is 14.1. The van der Waals surface area contributed by atoms with E-state index in [9.17, 15) is 4.79 Å². The quantitative estimate of drug-likeness (QED) is 0.450. The normalized spacial score (nSPS) is 15.1. The Balaban J connectivity index is 1.54. The third-order valence-electron chi connectivity index (χ3n) is 5.15. The van der Waals surface area contributed by atoms with Crippen LogP contribution >= 0.6 is 23.4 Å². The van der Waals surface area contributed by atoms with Crippen molar-refractivity contribution >= 4 is 34.4 Å². The van der Waals surface area contributed by atoms with Crippen LogP contribution in [0.3, 0.4) is 0 Å². The summed E-state index contributed by atoms with van der Waals surface area (Å²) < 4.78 is 4.01. The predicted octanol–water partition coefficient (Wildman–Crippen LogP) is 4.81. The zero-order valence-electron chi connectivity index (χ0n) is 15.9. The molecule has 0 radical (unpaired) electrons. The van der Waals surface area contributed by atoms with E-state index in [0.29, 0.717) is 5.02 Å². The van der Waals surface area contributed by atoms with Crippen molar-refractivity contribution in [3.8, 4) is 0 Å². The summed E-state index contributed by atoms with van der Waals surface area (Å²) in [5.74, 6) is 0.939. The average molecular weight is 426 g/mol. The van der Waals surface area contributed by atoms with Gasteiger partial charge in [0.2, 0.25) is 0 Å². The van der Waals surface area contributed by atoms with Crippen molar-refractivity contribution < 1.29 is 0 Å². The molecule has 1 aliphatic carbocycles. The Bertz CT molecular complexity index is 1230. The molecule has 4 aromatic rings. The fourth-order valence-electron chi connectivity index (χ4n) is 3.60. The molecule has 8 heteroatoms. The molecule has 0 saturated heterocycles. The van der Waals surface area contributed by atoms with Crippen molar-refractivity contribution in [1.82, 2.24) is 24.3 Å². The fourth-order valence-corrected chi connectivity index (χ4v) is 4.81. The average Bonchev–Trinajstić information content (AvgIpc) is 3.40. The number of aromatic nitrogens is 5. The van der Waals surface area contributed by atoms with Crippen molar-refractivity contribution in [3.63, 3.8) is 0 Å². The Morgan fingerprint density at radius 3 is 2.79 bits per heavy atom. The molecule has 1 fully saturated rings. The Kier molecular flexibility index (Phi) is 4.72. The number of hydrogen-bond acceptors (Lipinski definition) is 4. The molecule has 0 bridgehead atoms. The van der Waals surface area contributed by atoms with Gasteiger partial charge in [0.1, 0.15) is 5.82 Å². The van der Waals surface area contributed by atoms with Gasteiger partial charge in [0.15, 0.2) is 5.16 Å². The number of aromatic amines is 1. The highest BCUT2D eigenvalue weighted by molar-refractivity contribution is 7.99. The second kappa shape index (κ2) is 7.39. The number of nitrogens with zero attached hydrogens (tertiary/aromatic N) is 4. The molecule has 1 unspecified atom stereocenters. The molecule has 0 aliphatic heterocycles. The van der Waals surface area contributed by atoms with Crippen molar-refractivity contribution in [3.05, 3.63) is 75.4 Å². The minimum Gasteiger partial charge on any atom is -0.323 e. The second-order valence-corrected chi connectivity index (χ2v) is 9.09. The lowest BCUT2D eigenvalue weighted by Gasteiger charge is -2.15. The van der Waals surface area contributed by atoms with Gasteiger partial charge in [0, 0.05) is 17.6 Å². The highest BCUT2D eigenvalue weighted by Crippen LogP contribution is 2.40. The van der Waals surface area contributed by atoms with Gasteiger partial charge in [-0.3, -0.25) is 4.57 Å². The van der Waals surface area contributed by atoms with E-state index in [1.807, 2.05) is 36.4 Å². The summed E-state index contributed by atoms with van der Waals surface area (Å²) in [4.78, 5) is 17.0. The fraction of sp³-hybridized carbons (Fsp3) is 0.286. The maximum absolute atomic E-state index is 12.1. The molecule has 2 aromatic carbocycles. The zero-order chi connectivity index (χ0) is 20.0. The number of nitrogens with one attached hydrogen (secondary N) is 1. The minimum absolute atomic E-state index is 0.0117. The first-order valence-corrected chi connectivity index (χ1v) is 10.9. The summed E-state index contributed by atoms with van der Waals surface area (Å²) in [5.41, 5.74) is 2.99. The molecule has 6 nitrogen and oxygen atoms in total. The van der Waals surface area contributed by atoms with Crippen LogP contribution in [0.25, 0.3) is 11.0 Å². The molecule has 5 rings (SSSR count). The molecule has 0 amide bonds. The van der Waals surface area contributed by atoms with Crippen LogP contribution in [0.4, 0.5) is 0 Å². The number of hydrogen-bond donors (Lipinski definition) is 1. The maximum Gasteiger partial charge on any atom is 0.344 e. The number of rotatable bonds is 6. The Hall–Kier alpha value is -2.51. The monoisotopic (exact) mass is 425 g/mol. The van der Waals surface area contributed by atoms with E-state index in [1.165, 1.54) is 5.56 Å². The van der Waals surface area contributed by atoms with Crippen LogP contribution in [0.5, 0.6) is 0 Å². The van der Waals surface area contributed by atoms with Crippen molar-refractivity contribution in [2.24, 2.45) is 0 Å². The van der Waals surface area contributed by atoms with Crippen LogP contribution in [0.15, 0.2) is 58.5 Å². The van der Waals surface area contributed by atoms with Gasteiger partial charge in [0.25, 0.3) is 0 Å². The molecular weight excluding hydrogens is 406 g/mol. The van der Waals surface area contributed by atoms with Gasteiger partial charge in [-0.25, -0.2) is 14.9 Å². The van der Waals surface area contributed by atoms with Crippen LogP contribution < -0.4 is 5.69 Å². The van der Waals surface area contributed by atoms with Crippen molar-refractivity contribution in [1.29, 1.82) is 0 Å². The lowest BCUT2D eigenvalue weighted by atomic mass is 10.2. The summed E-state index contributed by atoms with van der Waals surface area (Å²) in [5, 5.41) is 8.26. The number of imidazole rings is 1. The molecule has 2 heterocycles. The van der Waals surface area contributed by atoms with E-state index in [1.54, 1.807) is 16.3 Å². The van der Waals surface area contributed by atoms with Crippen LogP contribution in [0, 0.1) is 0 Å². The molecule has 0 spiro atoms. The largest absolute Gasteiger partial charge is 0.344 e. The van der Waals surface area contributed by atoms with E-state index in [4.69, 9.17) is 16.6 Å². The lowest BCUT2D eigenvalue weighted by Crippen LogP contribution is -2.16. The van der Waals surface area contributed by atoms with Gasteiger partial charge < -0.3 is 4.57 Å². The van der Waals surface area contributed by atoms with Crippen LogP contribution in [-0.4, -0.2) is 24.3 Å². The van der Waals surface area contributed by atoms with E-state index in [0.717, 1.165) is 41.4 Å². The number of halogens is 1. The SMILES string of the molecule is CC(Sc1n[nH]c(=O)n1C1CC1)c1nc2cc(Cl)ccc2n1Cc1ccccc1. The summed E-state index contributed by atoms with van der Waals surface area (Å²) in [6.07, 6.45) is 2.07. The van der Waals surface area contributed by atoms with Crippen LogP contribution in [0.2, 0.25) is 5.02 Å². The molecule has 2 aromatic heterocycles. The molecule has 1 atom stereocenters. The zero-order valence-corrected chi connectivity index (χ0v) is 17.5. The molecular formula is C21H20ClN5OS. The Morgan fingerprint density at radius 1 is 1.24 bits per heavy atom. The first-order valence-electron chi connectivity index (χ1n) is 9.63. The molecule has 148 valence electrons. The topological polar surface area (TPSA) is 68.5 Å². The first kappa shape index (κ1) is 18.5. The third kappa shape index (κ3) is 3.60. The van der Waals surface area contributed by atoms with Gasteiger partial charge in [-0.1, -0.05) is 53.7 Å². The third-order valence-corrected chi connectivity index (χ3v) is 6.45. The van der Waals surface area contributed by atoms with Gasteiger partial charge in [-0.2, -0.15) is 0 Å². The number of benzene rings is 2. The lowest BCUT2D eigenvalue weighted by molar-refractivity contribution is 0.640. The highest BCUT2D eigenvalue weighted by Gasteiger charge is 2.30. The number of H-pyrrole nitrogens is 1. The number of thioether (sulfide) groups is 1. The van der Waals surface area contributed by atoms with E-state index in [2.05, 4.69) is 33.8 Å². The highest BCUT2D eigenvalue weighted by atomic mass is 35.5. The van der Waals surface area contributed by atoms with Crippen molar-refractivity contribution in [2.75, 3.05) is 0 Å². The van der Waals surface area contributed by atoms with E-state index < -0.39 is 0 Å². The Labute approximate surface area is 176 Å². The van der Waals surface area contributed by atoms with Crippen LogP contribution in [-0.2, 0) is 6.54 Å². The smallest absolute Gasteiger partial charge is 0.323 e. The molecule has 1 saturated carbocycles. The molecule has 29 heavy (non-hydrogen) atoms. The van der Waals surface area contributed by atoms with Crippen LogP contribution in [0.1, 0.15) is 42.4 Å².